The number of para-hydroxylation sites is 2. The highest BCUT2D eigenvalue weighted by molar-refractivity contribution is 9.10. The molecule has 1 amide bonds. The van der Waals surface area contributed by atoms with Crippen LogP contribution in [-0.4, -0.2) is 35.5 Å². The molecule has 10 heteroatoms. The number of benzene rings is 3. The van der Waals surface area contributed by atoms with Gasteiger partial charge in [0.05, 0.1) is 24.2 Å². The second-order valence-corrected chi connectivity index (χ2v) is 8.37. The van der Waals surface area contributed by atoms with Crippen molar-refractivity contribution in [2.45, 2.75) is 6.92 Å². The summed E-state index contributed by atoms with van der Waals surface area (Å²) < 4.78 is 12.4. The van der Waals surface area contributed by atoms with Crippen LogP contribution in [0.3, 0.4) is 0 Å². The van der Waals surface area contributed by atoms with Crippen molar-refractivity contribution >= 4 is 44.6 Å². The van der Waals surface area contributed by atoms with Gasteiger partial charge in [0.1, 0.15) is 0 Å². The quantitative estimate of drug-likeness (QED) is 0.349. The first-order valence-corrected chi connectivity index (χ1v) is 11.3. The van der Waals surface area contributed by atoms with Gasteiger partial charge in [-0.3, -0.25) is 9.59 Å². The summed E-state index contributed by atoms with van der Waals surface area (Å²) in [6, 6.07) is 17.4. The summed E-state index contributed by atoms with van der Waals surface area (Å²) in [5.41, 5.74) is 1.41. The van der Waals surface area contributed by atoms with Crippen molar-refractivity contribution in [3.05, 3.63) is 97.1 Å². The summed E-state index contributed by atoms with van der Waals surface area (Å²) >= 11 is 3.43. The maximum atomic E-state index is 12.7. The zero-order valence-electron chi connectivity index (χ0n) is 18.9. The number of fused-ring (bicyclic) bond motifs is 1. The molecule has 0 saturated carbocycles. The number of ether oxygens (including phenoxy) is 2. The van der Waals surface area contributed by atoms with E-state index in [1.165, 1.54) is 13.3 Å². The normalized spacial score (nSPS) is 11.1. The molecule has 3 aromatic carbocycles. The highest BCUT2D eigenvalue weighted by Crippen LogP contribution is 2.33. The van der Waals surface area contributed by atoms with Crippen molar-refractivity contribution in [1.29, 1.82) is 0 Å². The summed E-state index contributed by atoms with van der Waals surface area (Å²) in [5.74, 6) is 0.355. The Labute approximate surface area is 208 Å². The van der Waals surface area contributed by atoms with Gasteiger partial charge in [-0.25, -0.2) is 4.79 Å². The van der Waals surface area contributed by atoms with Gasteiger partial charge >= 0.3 is 5.69 Å². The standard InChI is InChI=1S/C25H21BrN4O5/c1-15-7-3-5-9-19(15)28-23(31)14-35-22-12-18(26)16(11-21(22)34-2)13-27-30-24(32)17-8-4-6-10-20(17)29-25(30)33/h3-13H,14H2,1-2H3,(H,28,31)(H,29,33). The third kappa shape index (κ3) is 5.33. The van der Waals surface area contributed by atoms with Gasteiger partial charge in [-0.15, -0.1) is 4.68 Å². The predicted molar refractivity (Wildman–Crippen MR) is 138 cm³/mol. The van der Waals surface area contributed by atoms with E-state index in [4.69, 9.17) is 9.47 Å². The minimum atomic E-state index is -0.660. The third-order valence-corrected chi connectivity index (χ3v) is 5.84. The molecule has 0 fully saturated rings. The lowest BCUT2D eigenvalue weighted by Crippen LogP contribution is -2.32. The summed E-state index contributed by atoms with van der Waals surface area (Å²) in [5, 5.41) is 7.21. The van der Waals surface area contributed by atoms with E-state index in [1.807, 2.05) is 31.2 Å². The number of methoxy groups -OCH3 is 1. The molecule has 0 unspecified atom stereocenters. The van der Waals surface area contributed by atoms with Crippen molar-refractivity contribution in [2.24, 2.45) is 5.10 Å². The fraction of sp³-hybridized carbons (Fsp3) is 0.120. The van der Waals surface area contributed by atoms with Crippen LogP contribution in [0.15, 0.2) is 79.8 Å². The number of aromatic amines is 1. The number of rotatable bonds is 7. The molecule has 0 aliphatic rings. The van der Waals surface area contributed by atoms with E-state index in [9.17, 15) is 14.4 Å². The van der Waals surface area contributed by atoms with Gasteiger partial charge in [0.2, 0.25) is 0 Å². The van der Waals surface area contributed by atoms with Crippen LogP contribution in [0.25, 0.3) is 10.9 Å². The van der Waals surface area contributed by atoms with Crippen molar-refractivity contribution in [3.8, 4) is 11.5 Å². The van der Waals surface area contributed by atoms with Crippen LogP contribution >= 0.6 is 15.9 Å². The van der Waals surface area contributed by atoms with Crippen molar-refractivity contribution in [1.82, 2.24) is 9.66 Å². The minimum Gasteiger partial charge on any atom is -0.493 e. The molecule has 4 aromatic rings. The Kier molecular flexibility index (Phi) is 7.11. The maximum absolute atomic E-state index is 12.7. The molecule has 35 heavy (non-hydrogen) atoms. The monoisotopic (exact) mass is 536 g/mol. The first kappa shape index (κ1) is 24.0. The molecule has 0 saturated heterocycles. The average molecular weight is 537 g/mol. The Hall–Kier alpha value is -4.18. The molecule has 1 aromatic heterocycles. The Morgan fingerprint density at radius 1 is 1.11 bits per heavy atom. The van der Waals surface area contributed by atoms with E-state index < -0.39 is 11.2 Å². The van der Waals surface area contributed by atoms with Gasteiger partial charge in [0.25, 0.3) is 11.5 Å². The number of H-pyrrole nitrogens is 1. The second-order valence-electron chi connectivity index (χ2n) is 7.51. The number of nitrogens with zero attached hydrogens (tertiary/aromatic N) is 2. The minimum absolute atomic E-state index is 0.230. The predicted octanol–water partition coefficient (Wildman–Crippen LogP) is 3.67. The summed E-state index contributed by atoms with van der Waals surface area (Å²) in [6.07, 6.45) is 1.35. The van der Waals surface area contributed by atoms with E-state index in [1.54, 1.807) is 36.4 Å². The third-order valence-electron chi connectivity index (χ3n) is 5.16. The Balaban J connectivity index is 1.54. The fourth-order valence-corrected chi connectivity index (χ4v) is 3.77. The molecule has 2 N–H and O–H groups in total. The molecular weight excluding hydrogens is 516 g/mol. The van der Waals surface area contributed by atoms with Crippen LogP contribution in [0, 0.1) is 6.92 Å². The van der Waals surface area contributed by atoms with Gasteiger partial charge in [-0.05, 0) is 58.7 Å². The number of hydrogen-bond donors (Lipinski definition) is 2. The first-order valence-electron chi connectivity index (χ1n) is 10.5. The zero-order valence-corrected chi connectivity index (χ0v) is 20.5. The van der Waals surface area contributed by atoms with Crippen LogP contribution in [0.1, 0.15) is 11.1 Å². The lowest BCUT2D eigenvalue weighted by Gasteiger charge is -2.13. The van der Waals surface area contributed by atoms with Crippen LogP contribution in [0.4, 0.5) is 5.69 Å². The molecule has 178 valence electrons. The molecule has 9 nitrogen and oxygen atoms in total. The van der Waals surface area contributed by atoms with Crippen LogP contribution < -0.4 is 26.0 Å². The molecule has 1 heterocycles. The molecule has 0 spiro atoms. The van der Waals surface area contributed by atoms with Gasteiger partial charge in [-0.1, -0.05) is 30.3 Å². The average Bonchev–Trinajstić information content (AvgIpc) is 2.85. The molecule has 0 radical (unpaired) electrons. The van der Waals surface area contributed by atoms with Gasteiger partial charge in [-0.2, -0.15) is 5.10 Å². The highest BCUT2D eigenvalue weighted by Gasteiger charge is 2.13. The lowest BCUT2D eigenvalue weighted by molar-refractivity contribution is -0.118. The topological polar surface area (TPSA) is 115 Å². The Morgan fingerprint density at radius 3 is 2.63 bits per heavy atom. The van der Waals surface area contributed by atoms with Crippen molar-refractivity contribution in [3.63, 3.8) is 0 Å². The van der Waals surface area contributed by atoms with Gasteiger partial charge < -0.3 is 19.8 Å². The van der Waals surface area contributed by atoms with E-state index in [0.717, 1.165) is 10.2 Å². The van der Waals surface area contributed by atoms with Crippen molar-refractivity contribution < 1.29 is 14.3 Å². The summed E-state index contributed by atoms with van der Waals surface area (Å²) in [7, 11) is 1.46. The maximum Gasteiger partial charge on any atom is 0.349 e. The fourth-order valence-electron chi connectivity index (χ4n) is 3.34. The lowest BCUT2D eigenvalue weighted by atomic mass is 10.2. The Morgan fingerprint density at radius 2 is 1.86 bits per heavy atom. The van der Waals surface area contributed by atoms with Gasteiger partial charge in [0.15, 0.2) is 18.1 Å². The molecule has 0 aliphatic carbocycles. The van der Waals surface area contributed by atoms with Crippen LogP contribution in [-0.2, 0) is 4.79 Å². The second kappa shape index (κ2) is 10.4. The number of aromatic nitrogens is 2. The number of amides is 1. The van der Waals surface area contributed by atoms with E-state index in [0.29, 0.717) is 38.1 Å². The molecule has 0 bridgehead atoms. The van der Waals surface area contributed by atoms with Gasteiger partial charge in [0, 0.05) is 15.7 Å². The zero-order chi connectivity index (χ0) is 24.9. The number of carbonyl (C=O) groups is 1. The van der Waals surface area contributed by atoms with Crippen LogP contribution in [0.5, 0.6) is 11.5 Å². The molecule has 0 aliphatic heterocycles. The number of aryl methyl sites for hydroxylation is 1. The SMILES string of the molecule is COc1cc(C=Nn2c(=O)[nH]c3ccccc3c2=O)c(Br)cc1OCC(=O)Nc1ccccc1C. The summed E-state index contributed by atoms with van der Waals surface area (Å²) in [4.78, 5) is 40.0. The largest absolute Gasteiger partial charge is 0.493 e. The summed E-state index contributed by atoms with van der Waals surface area (Å²) in [6.45, 7) is 1.67. The Bertz CT molecular complexity index is 1560. The molecule has 4 rings (SSSR count). The van der Waals surface area contributed by atoms with E-state index in [-0.39, 0.29) is 12.5 Å². The number of halogens is 1. The number of nitrogens with one attached hydrogen (secondary N) is 2. The molecule has 0 atom stereocenters. The number of anilines is 1. The van der Waals surface area contributed by atoms with E-state index >= 15 is 0 Å². The van der Waals surface area contributed by atoms with Crippen molar-refractivity contribution in [2.75, 3.05) is 19.0 Å². The number of hydrogen-bond acceptors (Lipinski definition) is 6. The van der Waals surface area contributed by atoms with E-state index in [2.05, 4.69) is 31.3 Å². The first-order chi connectivity index (χ1) is 16.9. The number of carbonyl (C=O) groups excluding carboxylic acids is 1. The van der Waals surface area contributed by atoms with Crippen LogP contribution in [0.2, 0.25) is 0 Å². The smallest absolute Gasteiger partial charge is 0.349 e. The molecular formula is C25H21BrN4O5. The highest BCUT2D eigenvalue weighted by atomic mass is 79.9.